The molecule has 0 bridgehead atoms. The number of likely N-dealkylation sites (N-methyl/N-ethyl adjacent to an activating group) is 1. The maximum Gasteiger partial charge on any atom is 0.235 e. The number of carbonyl (C=O) groups is 5. The number of aromatic hydroxyl groups is 1. The van der Waals surface area contributed by atoms with Gasteiger partial charge in [-0.15, -0.1) is 0 Å². The van der Waals surface area contributed by atoms with Crippen molar-refractivity contribution in [1.29, 1.82) is 0 Å². The van der Waals surface area contributed by atoms with Crippen LogP contribution in [0, 0.1) is 23.7 Å². The number of fused-ring (bicyclic) bond motifs is 3. The van der Waals surface area contributed by atoms with E-state index in [0.29, 0.717) is 28.0 Å². The lowest BCUT2D eigenvalue weighted by Crippen LogP contribution is -2.74. The van der Waals surface area contributed by atoms with Crippen molar-refractivity contribution in [3.63, 3.8) is 0 Å². The molecule has 2 fully saturated rings. The molecule has 5 rings (SSSR count). The van der Waals surface area contributed by atoms with Gasteiger partial charge in [-0.05, 0) is 67.7 Å². The van der Waals surface area contributed by atoms with Crippen molar-refractivity contribution in [2.75, 3.05) is 28.3 Å². The molecule has 12 heteroatoms. The minimum absolute atomic E-state index is 0.0344. The molecular formula is C30H31N3O9. The Kier molecular flexibility index (Phi) is 7.23. The number of Topliss-reactive ketones (excluding diaryl/α,β-unsaturated/α-hetero) is 4. The summed E-state index contributed by atoms with van der Waals surface area (Å²) in [6.07, 6.45) is 1.57. The minimum Gasteiger partial charge on any atom is -0.507 e. The second-order valence-electron chi connectivity index (χ2n) is 11.1. The Morgan fingerprint density at radius 2 is 1.83 bits per heavy atom. The van der Waals surface area contributed by atoms with Crippen LogP contribution in [0.15, 0.2) is 35.5 Å². The summed E-state index contributed by atoms with van der Waals surface area (Å²) in [5, 5.41) is 26.3. The molecule has 3 aliphatic carbocycles. The molecule has 0 radical (unpaired) electrons. The van der Waals surface area contributed by atoms with Gasteiger partial charge in [0.2, 0.25) is 5.91 Å². The van der Waals surface area contributed by atoms with Crippen molar-refractivity contribution in [3.05, 3.63) is 47.0 Å². The lowest BCUT2D eigenvalue weighted by Gasteiger charge is -2.52. The standard InChI is InChI=1S/C30H31N3O9/c1-33(2)24-18-11-14-10-17-16(13-5-8-20(41-3)15(9-13)12-32-42-4)6-7-19(34)22(17)25(35)21(14)27(37)30(18,40)28(38)23(26(24)36)29(31)39/h5-9,12,14,18,21,23-24,34,40H,10-11H2,1-4H3,(H2,31,39)/t14-,18-,21?,23?,24-,30-/m0/s1. The van der Waals surface area contributed by atoms with E-state index in [1.54, 1.807) is 38.4 Å². The summed E-state index contributed by atoms with van der Waals surface area (Å²) in [6, 6.07) is 7.12. The number of ketones is 4. The van der Waals surface area contributed by atoms with E-state index < -0.39 is 64.4 Å². The number of benzene rings is 2. The van der Waals surface area contributed by atoms with Gasteiger partial charge in [-0.2, -0.15) is 0 Å². The molecule has 0 spiro atoms. The zero-order valence-electron chi connectivity index (χ0n) is 23.5. The third-order valence-corrected chi connectivity index (χ3v) is 8.78. The highest BCUT2D eigenvalue weighted by Gasteiger charge is 2.69. The molecule has 0 saturated heterocycles. The molecule has 0 aliphatic heterocycles. The number of primary amides is 1. The van der Waals surface area contributed by atoms with Crippen LogP contribution in [0.5, 0.6) is 11.5 Å². The fraction of sp³-hybridized carbons (Fsp3) is 0.400. The first-order valence-electron chi connectivity index (χ1n) is 13.3. The molecule has 2 aromatic carbocycles. The first-order valence-corrected chi connectivity index (χ1v) is 13.3. The topological polar surface area (TPSA) is 186 Å². The number of phenols is 1. The fourth-order valence-corrected chi connectivity index (χ4v) is 6.99. The van der Waals surface area contributed by atoms with Crippen molar-refractivity contribution >= 4 is 35.3 Å². The van der Waals surface area contributed by atoms with Crippen LogP contribution in [-0.4, -0.2) is 90.3 Å². The number of amides is 1. The Morgan fingerprint density at radius 1 is 1.12 bits per heavy atom. The highest BCUT2D eigenvalue weighted by Crippen LogP contribution is 2.51. The van der Waals surface area contributed by atoms with Crippen LogP contribution in [-0.2, 0) is 30.4 Å². The molecule has 2 unspecified atom stereocenters. The number of carbonyl (C=O) groups excluding carboxylic acids is 5. The van der Waals surface area contributed by atoms with Crippen molar-refractivity contribution in [1.82, 2.24) is 4.90 Å². The molecule has 0 heterocycles. The van der Waals surface area contributed by atoms with Gasteiger partial charge in [0, 0.05) is 11.5 Å². The number of hydrogen-bond acceptors (Lipinski definition) is 11. The molecule has 2 saturated carbocycles. The van der Waals surface area contributed by atoms with Gasteiger partial charge < -0.3 is 25.5 Å². The van der Waals surface area contributed by atoms with E-state index in [4.69, 9.17) is 15.3 Å². The normalized spacial score (nSPS) is 28.9. The fourth-order valence-electron chi connectivity index (χ4n) is 6.99. The second kappa shape index (κ2) is 10.4. The van der Waals surface area contributed by atoms with Gasteiger partial charge in [0.15, 0.2) is 34.7 Å². The Morgan fingerprint density at radius 3 is 2.45 bits per heavy atom. The predicted molar refractivity (Wildman–Crippen MR) is 148 cm³/mol. The molecule has 6 atom stereocenters. The Bertz CT molecular complexity index is 1570. The number of rotatable bonds is 6. The van der Waals surface area contributed by atoms with E-state index >= 15 is 0 Å². The molecule has 220 valence electrons. The Labute approximate surface area is 241 Å². The lowest BCUT2D eigenvalue weighted by molar-refractivity contribution is -0.181. The van der Waals surface area contributed by atoms with Gasteiger partial charge in [0.1, 0.15) is 18.6 Å². The Balaban J connectivity index is 1.64. The average Bonchev–Trinajstić information content (AvgIpc) is 2.93. The molecule has 0 aromatic heterocycles. The van der Waals surface area contributed by atoms with Crippen LogP contribution < -0.4 is 10.5 Å². The van der Waals surface area contributed by atoms with Crippen LogP contribution in [0.4, 0.5) is 0 Å². The molecular weight excluding hydrogens is 546 g/mol. The molecule has 1 amide bonds. The van der Waals surface area contributed by atoms with Crippen LogP contribution in [0.1, 0.15) is 27.9 Å². The number of phenolic OH excluding ortho intramolecular Hbond substituents is 1. The lowest BCUT2D eigenvalue weighted by atomic mass is 9.52. The number of oxime groups is 1. The molecule has 42 heavy (non-hydrogen) atoms. The SMILES string of the molecule is CON=Cc1cc(-c2ccc(O)c3c2C[C@H]2C[C@H]4[C@H](N(C)C)C(=O)C(C(N)=O)C(=O)[C@@]4(O)C(=O)C2C3=O)ccc1OC. The first kappa shape index (κ1) is 29.1. The van der Waals surface area contributed by atoms with Gasteiger partial charge >= 0.3 is 0 Å². The summed E-state index contributed by atoms with van der Waals surface area (Å²) < 4.78 is 5.40. The zero-order valence-corrected chi connectivity index (χ0v) is 23.5. The van der Waals surface area contributed by atoms with E-state index in [1.165, 1.54) is 31.4 Å². The highest BCUT2D eigenvalue weighted by molar-refractivity contribution is 6.32. The van der Waals surface area contributed by atoms with Gasteiger partial charge in [-0.3, -0.25) is 28.9 Å². The second-order valence-corrected chi connectivity index (χ2v) is 11.1. The third kappa shape index (κ3) is 4.12. The number of ether oxygens (including phenoxy) is 1. The van der Waals surface area contributed by atoms with E-state index in [1.807, 2.05) is 0 Å². The van der Waals surface area contributed by atoms with Gasteiger partial charge in [-0.25, -0.2) is 0 Å². The average molecular weight is 578 g/mol. The molecule has 3 aliphatic rings. The number of methoxy groups -OCH3 is 1. The van der Waals surface area contributed by atoms with Crippen molar-refractivity contribution < 1.29 is 43.8 Å². The van der Waals surface area contributed by atoms with Crippen LogP contribution in [0.25, 0.3) is 11.1 Å². The summed E-state index contributed by atoms with van der Waals surface area (Å²) in [5.41, 5.74) is 4.88. The zero-order chi connectivity index (χ0) is 30.7. The maximum atomic E-state index is 14.0. The van der Waals surface area contributed by atoms with Gasteiger partial charge in [-0.1, -0.05) is 17.3 Å². The highest BCUT2D eigenvalue weighted by atomic mass is 16.6. The number of nitrogens with two attached hydrogens (primary N) is 1. The van der Waals surface area contributed by atoms with Crippen molar-refractivity contribution in [2.24, 2.45) is 34.6 Å². The van der Waals surface area contributed by atoms with Crippen LogP contribution in [0.3, 0.4) is 0 Å². The third-order valence-electron chi connectivity index (χ3n) is 8.78. The van der Waals surface area contributed by atoms with Crippen molar-refractivity contribution in [3.8, 4) is 22.6 Å². The predicted octanol–water partition coefficient (Wildman–Crippen LogP) is 0.523. The van der Waals surface area contributed by atoms with E-state index in [-0.39, 0.29) is 24.2 Å². The maximum absolute atomic E-state index is 14.0. The summed E-state index contributed by atoms with van der Waals surface area (Å²) in [7, 11) is 5.99. The van der Waals surface area contributed by atoms with Gasteiger partial charge in [0.05, 0.1) is 30.8 Å². The van der Waals surface area contributed by atoms with Gasteiger partial charge in [0.25, 0.3) is 0 Å². The van der Waals surface area contributed by atoms with Crippen molar-refractivity contribution in [2.45, 2.75) is 24.5 Å². The van der Waals surface area contributed by atoms with Crippen LogP contribution >= 0.6 is 0 Å². The summed E-state index contributed by atoms with van der Waals surface area (Å²) >= 11 is 0. The minimum atomic E-state index is -2.77. The summed E-state index contributed by atoms with van der Waals surface area (Å²) in [5.74, 6) is -10.4. The molecule has 4 N–H and O–H groups in total. The molecule has 2 aromatic rings. The number of nitrogens with zero attached hydrogens (tertiary/aromatic N) is 2. The largest absolute Gasteiger partial charge is 0.507 e. The number of hydrogen-bond donors (Lipinski definition) is 3. The quantitative estimate of drug-likeness (QED) is 0.248. The first-order chi connectivity index (χ1) is 19.9. The smallest absolute Gasteiger partial charge is 0.235 e. The summed E-state index contributed by atoms with van der Waals surface area (Å²) in [6.45, 7) is 0. The Hall–Kier alpha value is -4.42. The monoisotopic (exact) mass is 577 g/mol. The van der Waals surface area contributed by atoms with E-state index in [9.17, 15) is 34.2 Å². The molecule has 12 nitrogen and oxygen atoms in total. The van der Waals surface area contributed by atoms with E-state index in [2.05, 4.69) is 5.16 Å². The number of aliphatic hydroxyl groups is 1. The summed E-state index contributed by atoms with van der Waals surface area (Å²) in [4.78, 5) is 73.0. The van der Waals surface area contributed by atoms with Crippen LogP contribution in [0.2, 0.25) is 0 Å². The van der Waals surface area contributed by atoms with E-state index in [0.717, 1.165) is 0 Å².